The average Bonchev–Trinajstić information content (AvgIpc) is 3.17. The van der Waals surface area contributed by atoms with Gasteiger partial charge in [0.2, 0.25) is 5.88 Å². The zero-order valence-electron chi connectivity index (χ0n) is 16.1. The van der Waals surface area contributed by atoms with Crippen LogP contribution < -0.4 is 15.8 Å². The Bertz CT molecular complexity index is 943. The van der Waals surface area contributed by atoms with Crippen molar-refractivity contribution in [2.24, 2.45) is 0 Å². The van der Waals surface area contributed by atoms with Crippen molar-refractivity contribution in [2.45, 2.75) is 19.6 Å². The number of ether oxygens (including phenoxy) is 2. The summed E-state index contributed by atoms with van der Waals surface area (Å²) in [6, 6.07) is 16.5. The normalized spacial score (nSPS) is 11.8. The maximum absolute atomic E-state index is 11.0. The number of nitrogens with two attached hydrogens (primary N) is 1. The topological polar surface area (TPSA) is 112 Å². The lowest BCUT2D eigenvalue weighted by molar-refractivity contribution is 0.0801. The van der Waals surface area contributed by atoms with Crippen LogP contribution >= 0.6 is 0 Å². The number of carbonyl (C=O) groups is 1. The van der Waals surface area contributed by atoms with Crippen molar-refractivity contribution in [3.63, 3.8) is 0 Å². The maximum atomic E-state index is 11.0. The van der Waals surface area contributed by atoms with Crippen LogP contribution in [0.2, 0.25) is 0 Å². The van der Waals surface area contributed by atoms with Crippen molar-refractivity contribution in [1.29, 1.82) is 0 Å². The van der Waals surface area contributed by atoms with Crippen LogP contribution in [0.1, 0.15) is 11.1 Å². The SMILES string of the molecule is Cc1ccc(-n2ccc(OCC(COCc3ccccc3)NC(=O)O)n2)cc1N. The van der Waals surface area contributed by atoms with Crippen LogP contribution in [0.3, 0.4) is 0 Å². The maximum Gasteiger partial charge on any atom is 0.405 e. The third-order valence-corrected chi connectivity index (χ3v) is 4.28. The monoisotopic (exact) mass is 396 g/mol. The first kappa shape index (κ1) is 20.2. The molecule has 8 heteroatoms. The summed E-state index contributed by atoms with van der Waals surface area (Å²) < 4.78 is 12.9. The minimum atomic E-state index is -1.14. The molecule has 0 bridgehead atoms. The Kier molecular flexibility index (Phi) is 6.70. The summed E-state index contributed by atoms with van der Waals surface area (Å²) in [4.78, 5) is 11.0. The Morgan fingerprint density at radius 1 is 1.21 bits per heavy atom. The summed E-state index contributed by atoms with van der Waals surface area (Å²) in [6.07, 6.45) is 0.618. The Morgan fingerprint density at radius 3 is 2.72 bits per heavy atom. The lowest BCUT2D eigenvalue weighted by atomic mass is 10.2. The number of benzene rings is 2. The van der Waals surface area contributed by atoms with Gasteiger partial charge in [-0.1, -0.05) is 36.4 Å². The molecule has 1 amide bonds. The molecule has 0 saturated heterocycles. The first-order valence-electron chi connectivity index (χ1n) is 9.17. The van der Waals surface area contributed by atoms with Gasteiger partial charge in [-0.2, -0.15) is 0 Å². The Hall–Kier alpha value is -3.52. The number of aryl methyl sites for hydroxylation is 1. The molecule has 152 valence electrons. The molecule has 1 aromatic heterocycles. The van der Waals surface area contributed by atoms with Crippen molar-refractivity contribution in [3.8, 4) is 11.6 Å². The molecule has 0 saturated carbocycles. The van der Waals surface area contributed by atoms with Gasteiger partial charge in [-0.25, -0.2) is 9.48 Å². The zero-order valence-corrected chi connectivity index (χ0v) is 16.1. The van der Waals surface area contributed by atoms with E-state index in [1.165, 1.54) is 0 Å². The van der Waals surface area contributed by atoms with E-state index < -0.39 is 12.1 Å². The third kappa shape index (κ3) is 5.98. The highest BCUT2D eigenvalue weighted by atomic mass is 16.5. The molecule has 3 aromatic rings. The second kappa shape index (κ2) is 9.61. The van der Waals surface area contributed by atoms with Gasteiger partial charge < -0.3 is 25.6 Å². The molecule has 4 N–H and O–H groups in total. The highest BCUT2D eigenvalue weighted by Crippen LogP contribution is 2.18. The van der Waals surface area contributed by atoms with Crippen molar-refractivity contribution in [2.75, 3.05) is 18.9 Å². The van der Waals surface area contributed by atoms with Gasteiger partial charge >= 0.3 is 6.09 Å². The van der Waals surface area contributed by atoms with E-state index in [0.717, 1.165) is 16.8 Å². The number of nitrogens with one attached hydrogen (secondary N) is 1. The number of rotatable bonds is 9. The smallest absolute Gasteiger partial charge is 0.405 e. The fourth-order valence-electron chi connectivity index (χ4n) is 2.68. The second-order valence-electron chi connectivity index (χ2n) is 6.60. The standard InChI is InChI=1S/C21H24N4O4/c1-15-7-8-18(11-19(15)22)25-10-9-20(24-25)29-14-17(23-21(26)27)13-28-12-16-5-3-2-4-6-16/h2-11,17,23H,12-14,22H2,1H3,(H,26,27). The van der Waals surface area contributed by atoms with Crippen LogP contribution in [0.4, 0.5) is 10.5 Å². The lowest BCUT2D eigenvalue weighted by Crippen LogP contribution is -2.41. The molecule has 0 aliphatic carbocycles. The summed E-state index contributed by atoms with van der Waals surface area (Å²) >= 11 is 0. The minimum absolute atomic E-state index is 0.0914. The second-order valence-corrected chi connectivity index (χ2v) is 6.60. The predicted octanol–water partition coefficient (Wildman–Crippen LogP) is 2.99. The van der Waals surface area contributed by atoms with E-state index in [0.29, 0.717) is 18.2 Å². The van der Waals surface area contributed by atoms with Gasteiger partial charge in [0.05, 0.1) is 24.9 Å². The van der Waals surface area contributed by atoms with Crippen LogP contribution in [0, 0.1) is 6.92 Å². The molecule has 8 nitrogen and oxygen atoms in total. The molecular weight excluding hydrogens is 372 g/mol. The molecule has 0 aliphatic heterocycles. The average molecular weight is 396 g/mol. The fraction of sp³-hybridized carbons (Fsp3) is 0.238. The van der Waals surface area contributed by atoms with Gasteiger partial charge in [-0.15, -0.1) is 5.10 Å². The number of hydrogen-bond donors (Lipinski definition) is 3. The van der Waals surface area contributed by atoms with Crippen LogP contribution in [0.5, 0.6) is 5.88 Å². The molecule has 0 radical (unpaired) electrons. The summed E-state index contributed by atoms with van der Waals surface area (Å²) in [6.45, 7) is 2.60. The Morgan fingerprint density at radius 2 is 2.00 bits per heavy atom. The largest absolute Gasteiger partial charge is 0.474 e. The quantitative estimate of drug-likeness (QED) is 0.480. The summed E-state index contributed by atoms with van der Waals surface area (Å²) in [7, 11) is 0. The number of amides is 1. The third-order valence-electron chi connectivity index (χ3n) is 4.28. The van der Waals surface area contributed by atoms with Crippen LogP contribution in [0.15, 0.2) is 60.8 Å². The number of nitrogen functional groups attached to an aromatic ring is 1. The highest BCUT2D eigenvalue weighted by Gasteiger charge is 2.14. The minimum Gasteiger partial charge on any atom is -0.474 e. The van der Waals surface area contributed by atoms with Crippen molar-refractivity contribution < 1.29 is 19.4 Å². The van der Waals surface area contributed by atoms with Crippen LogP contribution in [0.25, 0.3) is 5.69 Å². The van der Waals surface area contributed by atoms with Gasteiger partial charge in [-0.3, -0.25) is 0 Å². The van der Waals surface area contributed by atoms with Gasteiger partial charge in [0.25, 0.3) is 0 Å². The molecule has 1 heterocycles. The van der Waals surface area contributed by atoms with Crippen molar-refractivity contribution in [3.05, 3.63) is 71.9 Å². The summed E-state index contributed by atoms with van der Waals surface area (Å²) in [5.41, 5.74) is 9.45. The molecule has 29 heavy (non-hydrogen) atoms. The fourth-order valence-corrected chi connectivity index (χ4v) is 2.68. The number of nitrogens with zero attached hydrogens (tertiary/aromatic N) is 2. The first-order valence-corrected chi connectivity index (χ1v) is 9.17. The number of aromatic nitrogens is 2. The molecule has 0 spiro atoms. The highest BCUT2D eigenvalue weighted by molar-refractivity contribution is 5.64. The summed E-state index contributed by atoms with van der Waals surface area (Å²) in [5.74, 6) is 0.379. The van der Waals surface area contributed by atoms with E-state index in [2.05, 4.69) is 10.4 Å². The lowest BCUT2D eigenvalue weighted by Gasteiger charge is -2.17. The Balaban J connectivity index is 1.55. The van der Waals surface area contributed by atoms with E-state index in [4.69, 9.17) is 20.3 Å². The predicted molar refractivity (Wildman–Crippen MR) is 109 cm³/mol. The Labute approximate surface area is 168 Å². The number of carboxylic acid groups (broad SMARTS) is 1. The van der Waals surface area contributed by atoms with E-state index >= 15 is 0 Å². The molecule has 3 rings (SSSR count). The first-order chi connectivity index (χ1) is 14.0. The molecule has 1 unspecified atom stereocenters. The molecular formula is C21H24N4O4. The zero-order chi connectivity index (χ0) is 20.6. The molecule has 1 atom stereocenters. The summed E-state index contributed by atoms with van der Waals surface area (Å²) in [5, 5.41) is 15.8. The van der Waals surface area contributed by atoms with Crippen molar-refractivity contribution in [1.82, 2.24) is 15.1 Å². The number of anilines is 1. The van der Waals surface area contributed by atoms with Crippen molar-refractivity contribution >= 4 is 11.8 Å². The van der Waals surface area contributed by atoms with E-state index in [-0.39, 0.29) is 13.2 Å². The van der Waals surface area contributed by atoms with Gasteiger partial charge in [0.15, 0.2) is 0 Å². The van der Waals surface area contributed by atoms with E-state index in [1.54, 1.807) is 16.9 Å². The molecule has 2 aromatic carbocycles. The van der Waals surface area contributed by atoms with Gasteiger partial charge in [0.1, 0.15) is 6.61 Å². The van der Waals surface area contributed by atoms with Gasteiger partial charge in [-0.05, 0) is 30.2 Å². The van der Waals surface area contributed by atoms with Gasteiger partial charge in [0, 0.05) is 18.0 Å². The molecule has 0 aliphatic rings. The van der Waals surface area contributed by atoms with E-state index in [9.17, 15) is 4.79 Å². The molecule has 0 fully saturated rings. The number of hydrogen-bond acceptors (Lipinski definition) is 5. The van der Waals surface area contributed by atoms with Crippen LogP contribution in [-0.2, 0) is 11.3 Å². The van der Waals surface area contributed by atoms with Crippen LogP contribution in [-0.4, -0.2) is 40.2 Å². The van der Waals surface area contributed by atoms with E-state index in [1.807, 2.05) is 55.5 Å².